The molecule has 0 N–H and O–H groups in total. The van der Waals surface area contributed by atoms with E-state index >= 15 is 0 Å². The molecule has 0 fully saturated rings. The molecule has 0 aliphatic heterocycles. The molecule has 1 aromatic carbocycles. The van der Waals surface area contributed by atoms with E-state index in [9.17, 15) is 0 Å². The largest absolute Gasteiger partial charge is 0.129 e. The Bertz CT molecular complexity index is 407. The molecular formula is C12H18S2. The average Bonchev–Trinajstić information content (AvgIpc) is 2.21. The van der Waals surface area contributed by atoms with Crippen molar-refractivity contribution < 1.29 is 4.11 Å². The highest BCUT2D eigenvalue weighted by Crippen LogP contribution is 2.36. The van der Waals surface area contributed by atoms with Crippen molar-refractivity contribution in [2.24, 2.45) is 0 Å². The molecule has 0 amide bonds. The van der Waals surface area contributed by atoms with E-state index < -0.39 is 6.18 Å². The van der Waals surface area contributed by atoms with Gasteiger partial charge in [-0.05, 0) is 62.4 Å². The van der Waals surface area contributed by atoms with Crippen LogP contribution >= 0.6 is 23.5 Å². The summed E-state index contributed by atoms with van der Waals surface area (Å²) in [4.78, 5) is 2.19. The Morgan fingerprint density at radius 2 is 1.14 bits per heavy atom. The Morgan fingerprint density at radius 3 is 1.43 bits per heavy atom. The van der Waals surface area contributed by atoms with Gasteiger partial charge in [-0.1, -0.05) is 0 Å². The summed E-state index contributed by atoms with van der Waals surface area (Å²) in [6, 6.07) is 0. The molecule has 14 heavy (non-hydrogen) atoms. The first-order valence-electron chi connectivity index (χ1n) is 6.02. The quantitative estimate of drug-likeness (QED) is 0.691. The Balaban J connectivity index is 3.43. The van der Waals surface area contributed by atoms with Gasteiger partial charge in [-0.2, -0.15) is 0 Å². The van der Waals surface area contributed by atoms with E-state index in [0.29, 0.717) is 0 Å². The highest BCUT2D eigenvalue weighted by atomic mass is 32.2. The van der Waals surface area contributed by atoms with Gasteiger partial charge in [0.25, 0.3) is 0 Å². The molecule has 0 spiro atoms. The number of benzene rings is 1. The monoisotopic (exact) mass is 229 g/mol. The Labute approximate surface area is 100 Å². The van der Waals surface area contributed by atoms with Crippen molar-refractivity contribution in [2.45, 2.75) is 37.5 Å². The Kier molecular flexibility index (Phi) is 2.68. The minimum absolute atomic E-state index is 0.915. The van der Waals surface area contributed by atoms with Crippen LogP contribution < -0.4 is 0 Å². The van der Waals surface area contributed by atoms with E-state index in [0.717, 1.165) is 27.8 Å². The van der Waals surface area contributed by atoms with Gasteiger partial charge in [0.05, 0.1) is 0 Å². The van der Waals surface area contributed by atoms with Gasteiger partial charge in [0.15, 0.2) is 0 Å². The first-order valence-corrected chi connectivity index (χ1v) is 6.56. The lowest BCUT2D eigenvalue weighted by Crippen LogP contribution is -1.97. The number of thioether (sulfide) groups is 2. The van der Waals surface area contributed by atoms with E-state index in [4.69, 9.17) is 4.11 Å². The molecule has 0 radical (unpaired) electrons. The highest BCUT2D eigenvalue weighted by molar-refractivity contribution is 7.99. The standard InChI is InChI=1S/C12H18S2/c1-7-8(2)12(14-6)10(4)9(3)11(7)13-5/h1-6H3/i5D3. The van der Waals surface area contributed by atoms with Crippen LogP contribution in [-0.2, 0) is 0 Å². The van der Waals surface area contributed by atoms with Crippen LogP contribution in [0.5, 0.6) is 0 Å². The third-order valence-corrected chi connectivity index (χ3v) is 4.63. The lowest BCUT2D eigenvalue weighted by atomic mass is 10.0. The van der Waals surface area contributed by atoms with Crippen molar-refractivity contribution in [1.29, 1.82) is 0 Å². The van der Waals surface area contributed by atoms with Crippen molar-refractivity contribution in [3.8, 4) is 0 Å². The maximum Gasteiger partial charge on any atom is 0.0348 e. The topological polar surface area (TPSA) is 0 Å². The van der Waals surface area contributed by atoms with Crippen molar-refractivity contribution in [3.05, 3.63) is 22.3 Å². The van der Waals surface area contributed by atoms with Crippen LogP contribution in [0.1, 0.15) is 26.4 Å². The summed E-state index contributed by atoms with van der Waals surface area (Å²) >= 11 is 2.72. The second kappa shape index (κ2) is 4.63. The number of hydrogen-bond donors (Lipinski definition) is 0. The summed E-state index contributed by atoms with van der Waals surface area (Å²) in [7, 11) is 0. The van der Waals surface area contributed by atoms with Gasteiger partial charge in [0.1, 0.15) is 0 Å². The van der Waals surface area contributed by atoms with Crippen molar-refractivity contribution in [3.63, 3.8) is 0 Å². The van der Waals surface area contributed by atoms with Crippen molar-refractivity contribution in [2.75, 3.05) is 12.4 Å². The smallest absolute Gasteiger partial charge is 0.0348 e. The fourth-order valence-electron chi connectivity index (χ4n) is 1.70. The van der Waals surface area contributed by atoms with Crippen LogP contribution in [0, 0.1) is 27.7 Å². The third-order valence-electron chi connectivity index (χ3n) is 2.79. The lowest BCUT2D eigenvalue weighted by Gasteiger charge is -2.17. The molecule has 0 aliphatic rings. The molecule has 0 saturated heterocycles. The van der Waals surface area contributed by atoms with Crippen molar-refractivity contribution >= 4 is 23.5 Å². The number of hydrogen-bond acceptors (Lipinski definition) is 2. The SMILES string of the molecule is [2H]C([2H])([2H])Sc1c(C)c(C)c(SC)c(C)c1C. The molecule has 0 aliphatic carbocycles. The lowest BCUT2D eigenvalue weighted by molar-refractivity contribution is 1.06. The van der Waals surface area contributed by atoms with Crippen LogP contribution in [-0.4, -0.2) is 12.4 Å². The Hall–Kier alpha value is -0.0800. The second-order valence-corrected chi connectivity index (χ2v) is 4.89. The zero-order chi connectivity index (χ0) is 13.4. The molecule has 0 aromatic heterocycles. The minimum Gasteiger partial charge on any atom is -0.129 e. The van der Waals surface area contributed by atoms with Crippen LogP contribution in [0.3, 0.4) is 0 Å². The molecule has 2 heteroatoms. The van der Waals surface area contributed by atoms with Crippen LogP contribution in [0.15, 0.2) is 9.79 Å². The predicted molar refractivity (Wildman–Crippen MR) is 69.0 cm³/mol. The van der Waals surface area contributed by atoms with Gasteiger partial charge in [0.2, 0.25) is 0 Å². The third kappa shape index (κ3) is 1.82. The summed E-state index contributed by atoms with van der Waals surface area (Å²) in [5.41, 5.74) is 4.59. The molecule has 0 bridgehead atoms. The minimum atomic E-state index is -1.98. The zero-order valence-corrected chi connectivity index (χ0v) is 10.9. The van der Waals surface area contributed by atoms with E-state index in [1.807, 2.05) is 13.8 Å². The van der Waals surface area contributed by atoms with Gasteiger partial charge >= 0.3 is 0 Å². The zero-order valence-electron chi connectivity index (χ0n) is 12.3. The van der Waals surface area contributed by atoms with E-state index in [1.54, 1.807) is 11.8 Å². The predicted octanol–water partition coefficient (Wildman–Crippen LogP) is 4.36. The fraction of sp³-hybridized carbons (Fsp3) is 0.500. The molecule has 0 saturated carbocycles. The molecule has 1 rings (SSSR count). The normalized spacial score (nSPS) is 14.8. The molecule has 1 aromatic rings. The molecular weight excluding hydrogens is 208 g/mol. The summed E-state index contributed by atoms with van der Waals surface area (Å²) in [5.74, 6) is 0. The summed E-state index contributed by atoms with van der Waals surface area (Å²) < 4.78 is 22.2. The van der Waals surface area contributed by atoms with Crippen LogP contribution in [0.2, 0.25) is 0 Å². The molecule has 0 atom stereocenters. The highest BCUT2D eigenvalue weighted by Gasteiger charge is 2.12. The van der Waals surface area contributed by atoms with E-state index in [1.165, 1.54) is 16.0 Å². The van der Waals surface area contributed by atoms with E-state index in [2.05, 4.69) is 20.1 Å². The second-order valence-electron chi connectivity index (χ2n) is 3.46. The van der Waals surface area contributed by atoms with E-state index in [-0.39, 0.29) is 0 Å². The summed E-state index contributed by atoms with van der Waals surface area (Å²) in [6.45, 7) is 8.15. The Morgan fingerprint density at radius 1 is 0.786 bits per heavy atom. The average molecular weight is 229 g/mol. The summed E-state index contributed by atoms with van der Waals surface area (Å²) in [5, 5.41) is 0. The van der Waals surface area contributed by atoms with Gasteiger partial charge in [-0.3, -0.25) is 0 Å². The first-order chi connectivity index (χ1) is 7.69. The van der Waals surface area contributed by atoms with Gasteiger partial charge in [0, 0.05) is 13.9 Å². The van der Waals surface area contributed by atoms with Crippen LogP contribution in [0.25, 0.3) is 0 Å². The molecule has 0 heterocycles. The molecule has 0 unspecified atom stereocenters. The molecule has 0 nitrogen and oxygen atoms in total. The van der Waals surface area contributed by atoms with Crippen LogP contribution in [0.4, 0.5) is 0 Å². The van der Waals surface area contributed by atoms with Gasteiger partial charge in [-0.25, -0.2) is 0 Å². The fourth-order valence-corrected chi connectivity index (χ4v) is 3.23. The number of rotatable bonds is 2. The van der Waals surface area contributed by atoms with Crippen molar-refractivity contribution in [1.82, 2.24) is 0 Å². The first kappa shape index (κ1) is 8.12. The van der Waals surface area contributed by atoms with Gasteiger partial charge < -0.3 is 0 Å². The maximum absolute atomic E-state index is 7.39. The summed E-state index contributed by atoms with van der Waals surface area (Å²) in [6.07, 6.45) is 0.0834. The maximum atomic E-state index is 7.39. The van der Waals surface area contributed by atoms with Gasteiger partial charge in [-0.15, -0.1) is 23.5 Å². The molecule has 78 valence electrons.